The number of ether oxygens (including phenoxy) is 1. The van der Waals surface area contributed by atoms with Crippen molar-refractivity contribution in [2.45, 2.75) is 19.9 Å². The van der Waals surface area contributed by atoms with Gasteiger partial charge in [-0.05, 0) is 24.6 Å². The summed E-state index contributed by atoms with van der Waals surface area (Å²) in [5.41, 5.74) is 0.178. The number of H-pyrrole nitrogens is 1. The number of carbonyl (C=O) groups is 1. The van der Waals surface area contributed by atoms with E-state index in [0.29, 0.717) is 23.2 Å². The molecule has 0 unspecified atom stereocenters. The first-order valence-electron chi connectivity index (χ1n) is 8.11. The number of amides is 1. The fourth-order valence-electron chi connectivity index (χ4n) is 2.25. The predicted octanol–water partition coefficient (Wildman–Crippen LogP) is 0.957. The van der Waals surface area contributed by atoms with Crippen molar-refractivity contribution in [2.24, 2.45) is 0 Å². The van der Waals surface area contributed by atoms with Crippen LogP contribution in [0, 0.1) is 6.92 Å². The monoisotopic (exact) mass is 387 g/mol. The maximum absolute atomic E-state index is 12.0. The van der Waals surface area contributed by atoms with Crippen molar-refractivity contribution in [1.82, 2.24) is 20.0 Å². The van der Waals surface area contributed by atoms with E-state index >= 15 is 0 Å². The molecule has 10 heteroatoms. The number of benzene rings is 1. The second-order valence-electron chi connectivity index (χ2n) is 5.70. The van der Waals surface area contributed by atoms with Gasteiger partial charge in [0.15, 0.2) is 0 Å². The number of aromatic amines is 1. The van der Waals surface area contributed by atoms with E-state index in [1.54, 1.807) is 0 Å². The summed E-state index contributed by atoms with van der Waals surface area (Å²) in [5.74, 6) is 0.299. The van der Waals surface area contributed by atoms with Gasteiger partial charge in [0.25, 0.3) is 11.1 Å². The Morgan fingerprint density at radius 2 is 2.11 bits per heavy atom. The molecule has 0 saturated heterocycles. The van der Waals surface area contributed by atoms with Crippen molar-refractivity contribution in [3.63, 3.8) is 0 Å². The quantitative estimate of drug-likeness (QED) is 0.623. The minimum Gasteiger partial charge on any atom is -0.493 e. The zero-order valence-corrected chi connectivity index (χ0v) is 15.3. The number of hydrogen-bond donors (Lipinski definition) is 2. The van der Waals surface area contributed by atoms with Gasteiger partial charge in [-0.15, -0.1) is 10.2 Å². The number of aryl methyl sites for hydroxylation is 1. The Bertz CT molecular complexity index is 1060. The number of nitrogens with one attached hydrogen (secondary N) is 2. The summed E-state index contributed by atoms with van der Waals surface area (Å²) < 4.78 is 6.59. The molecule has 0 fully saturated rings. The molecular weight excluding hydrogens is 370 g/mol. The van der Waals surface area contributed by atoms with E-state index in [0.717, 1.165) is 28.1 Å². The molecule has 0 radical (unpaired) electrons. The molecule has 3 rings (SSSR count). The lowest BCUT2D eigenvalue weighted by atomic mass is 10.2. The van der Waals surface area contributed by atoms with E-state index in [-0.39, 0.29) is 6.54 Å². The van der Waals surface area contributed by atoms with Crippen LogP contribution in [0.25, 0.3) is 0 Å². The molecule has 2 N–H and O–H groups in total. The van der Waals surface area contributed by atoms with Crippen molar-refractivity contribution in [3.8, 4) is 5.75 Å². The van der Waals surface area contributed by atoms with E-state index in [1.165, 1.54) is 11.3 Å². The number of carbonyl (C=O) groups excluding carboxylic acids is 1. The molecule has 2 heterocycles. The van der Waals surface area contributed by atoms with Crippen LogP contribution in [0.4, 0.5) is 5.13 Å². The van der Waals surface area contributed by atoms with Gasteiger partial charge in [0, 0.05) is 18.6 Å². The molecule has 140 valence electrons. The maximum Gasteiger partial charge on any atom is 0.265 e. The Hall–Kier alpha value is -3.27. The number of nitrogens with zero attached hydrogens (tertiary/aromatic N) is 3. The van der Waals surface area contributed by atoms with E-state index in [9.17, 15) is 14.4 Å². The predicted molar refractivity (Wildman–Crippen MR) is 100 cm³/mol. The highest BCUT2D eigenvalue weighted by Crippen LogP contribution is 2.17. The summed E-state index contributed by atoms with van der Waals surface area (Å²) in [5, 5.41) is 13.8. The Morgan fingerprint density at radius 1 is 1.26 bits per heavy atom. The normalized spacial score (nSPS) is 10.6. The SMILES string of the molecule is Cc1cccc(OCCc2nnc(NC(=O)Cn3[nH]c(=O)ccc3=O)s2)c1. The van der Waals surface area contributed by atoms with Gasteiger partial charge in [-0.2, -0.15) is 0 Å². The first-order valence-corrected chi connectivity index (χ1v) is 8.93. The van der Waals surface area contributed by atoms with Crippen molar-refractivity contribution in [2.75, 3.05) is 11.9 Å². The van der Waals surface area contributed by atoms with Crippen molar-refractivity contribution in [3.05, 3.63) is 67.7 Å². The number of rotatable bonds is 7. The third-order valence-corrected chi connectivity index (χ3v) is 4.38. The van der Waals surface area contributed by atoms with Crippen LogP contribution in [0.1, 0.15) is 10.6 Å². The van der Waals surface area contributed by atoms with Crippen LogP contribution >= 0.6 is 11.3 Å². The number of anilines is 1. The van der Waals surface area contributed by atoms with Crippen molar-refractivity contribution in [1.29, 1.82) is 0 Å². The van der Waals surface area contributed by atoms with Gasteiger partial charge in [-0.1, -0.05) is 23.5 Å². The summed E-state index contributed by atoms with van der Waals surface area (Å²) in [6.07, 6.45) is 0.549. The molecule has 0 saturated carbocycles. The highest BCUT2D eigenvalue weighted by molar-refractivity contribution is 7.15. The Labute approximate surface area is 157 Å². The fourth-order valence-corrected chi connectivity index (χ4v) is 2.99. The van der Waals surface area contributed by atoms with Crippen LogP contribution in [-0.2, 0) is 17.8 Å². The second kappa shape index (κ2) is 8.41. The van der Waals surface area contributed by atoms with Crippen LogP contribution in [-0.4, -0.2) is 32.5 Å². The van der Waals surface area contributed by atoms with E-state index in [1.807, 2.05) is 31.2 Å². The van der Waals surface area contributed by atoms with Crippen LogP contribution in [0.3, 0.4) is 0 Å². The van der Waals surface area contributed by atoms with Gasteiger partial charge in [-0.3, -0.25) is 24.8 Å². The molecule has 9 nitrogen and oxygen atoms in total. The molecule has 2 aromatic heterocycles. The van der Waals surface area contributed by atoms with E-state index in [2.05, 4.69) is 20.6 Å². The summed E-state index contributed by atoms with van der Waals surface area (Å²) in [6, 6.07) is 9.95. The molecule has 3 aromatic rings. The van der Waals surface area contributed by atoms with Crippen molar-refractivity contribution < 1.29 is 9.53 Å². The topological polar surface area (TPSA) is 119 Å². The van der Waals surface area contributed by atoms with Crippen LogP contribution in [0.5, 0.6) is 5.75 Å². The minimum atomic E-state index is -0.488. The summed E-state index contributed by atoms with van der Waals surface area (Å²) in [4.78, 5) is 34.8. The third-order valence-electron chi connectivity index (χ3n) is 3.48. The average Bonchev–Trinajstić information content (AvgIpc) is 3.05. The fraction of sp³-hybridized carbons (Fsp3) is 0.235. The minimum absolute atomic E-state index is 0.317. The van der Waals surface area contributed by atoms with Crippen LogP contribution in [0.15, 0.2) is 46.0 Å². The zero-order valence-electron chi connectivity index (χ0n) is 14.5. The molecule has 0 atom stereocenters. The zero-order chi connectivity index (χ0) is 19.2. The first kappa shape index (κ1) is 18.5. The molecule has 0 spiro atoms. The molecule has 1 amide bonds. The van der Waals surface area contributed by atoms with E-state index < -0.39 is 17.0 Å². The van der Waals surface area contributed by atoms with Crippen LogP contribution in [0.2, 0.25) is 0 Å². The van der Waals surface area contributed by atoms with Gasteiger partial charge >= 0.3 is 0 Å². The van der Waals surface area contributed by atoms with Crippen molar-refractivity contribution >= 4 is 22.4 Å². The molecule has 1 aromatic carbocycles. The highest BCUT2D eigenvalue weighted by atomic mass is 32.1. The molecule has 27 heavy (non-hydrogen) atoms. The summed E-state index contributed by atoms with van der Waals surface area (Å²) >= 11 is 1.22. The van der Waals surface area contributed by atoms with Gasteiger partial charge in [0.05, 0.1) is 6.61 Å². The molecular formula is C17H17N5O4S. The van der Waals surface area contributed by atoms with Gasteiger partial charge in [-0.25, -0.2) is 4.68 Å². The molecule has 0 aliphatic carbocycles. The van der Waals surface area contributed by atoms with Gasteiger partial charge in [0.2, 0.25) is 11.0 Å². The molecule has 0 aliphatic rings. The van der Waals surface area contributed by atoms with Gasteiger partial charge < -0.3 is 4.74 Å². The largest absolute Gasteiger partial charge is 0.493 e. The van der Waals surface area contributed by atoms with Gasteiger partial charge in [0.1, 0.15) is 17.3 Å². The molecule has 0 aliphatic heterocycles. The highest BCUT2D eigenvalue weighted by Gasteiger charge is 2.10. The Morgan fingerprint density at radius 3 is 2.93 bits per heavy atom. The Balaban J connectivity index is 1.51. The number of aromatic nitrogens is 4. The standard InChI is InChI=1S/C17H17N5O4S/c1-11-3-2-4-12(9-11)26-8-7-15-19-20-17(27-15)18-14(24)10-22-16(25)6-5-13(23)21-22/h2-6,9H,7-8,10H2,1H3,(H,21,23)(H,18,20,24). The van der Waals surface area contributed by atoms with E-state index in [4.69, 9.17) is 4.74 Å². The molecule has 0 bridgehead atoms. The lowest BCUT2D eigenvalue weighted by Gasteiger charge is -2.05. The second-order valence-corrected chi connectivity index (χ2v) is 6.76. The average molecular weight is 387 g/mol. The summed E-state index contributed by atoms with van der Waals surface area (Å²) in [7, 11) is 0. The maximum atomic E-state index is 12.0. The third kappa shape index (κ3) is 5.35. The Kier molecular flexibility index (Phi) is 5.77. The first-order chi connectivity index (χ1) is 13.0. The summed E-state index contributed by atoms with van der Waals surface area (Å²) in [6.45, 7) is 2.11. The lowest BCUT2D eigenvalue weighted by Crippen LogP contribution is -2.32. The lowest BCUT2D eigenvalue weighted by molar-refractivity contribution is -0.117. The smallest absolute Gasteiger partial charge is 0.265 e. The van der Waals surface area contributed by atoms with Crippen LogP contribution < -0.4 is 21.2 Å². The number of hydrogen-bond acceptors (Lipinski definition) is 7.